The first-order valence-corrected chi connectivity index (χ1v) is 25.5. The topological polar surface area (TPSA) is 108 Å². The number of carbonyl (C=O) groups is 1. The number of hydrogen-bond acceptors (Lipinski definition) is 6. The molecule has 0 spiro atoms. The van der Waals surface area contributed by atoms with Crippen molar-refractivity contribution in [3.05, 3.63) is 12.2 Å². The highest BCUT2D eigenvalue weighted by Crippen LogP contribution is 2.38. The fourth-order valence-electron chi connectivity index (χ4n) is 7.15. The van der Waals surface area contributed by atoms with Gasteiger partial charge in [0.25, 0.3) is 7.82 Å². The summed E-state index contributed by atoms with van der Waals surface area (Å²) < 4.78 is 23.2. The molecule has 334 valence electrons. The molecule has 2 N–H and O–H groups in total. The number of unbranched alkanes of at least 4 members (excludes halogenated alkanes) is 31. The molecule has 0 aromatic carbocycles. The smallest absolute Gasteiger partial charge is 0.268 e. The standard InChI is InChI=1S/C47H95N2O6P/c1-6-8-10-12-14-16-18-20-22-23-24-25-27-28-30-32-34-36-38-40-46(50)45(44-55-56(52,53)54-43-42-49(3,4)5)48-47(51)41-39-37-35-33-31-29-26-21-19-17-15-13-11-9-7-2/h38,40,45-46,50H,6-37,39,41-44H2,1-5H3,(H-,48,51,52,53)/b40-38+. The molecule has 0 saturated carbocycles. The number of carbonyl (C=O) groups excluding carboxylic acids is 1. The van der Waals surface area contributed by atoms with Gasteiger partial charge >= 0.3 is 0 Å². The predicted molar refractivity (Wildman–Crippen MR) is 238 cm³/mol. The molecular weight excluding hydrogens is 719 g/mol. The van der Waals surface area contributed by atoms with Crippen LogP contribution >= 0.6 is 7.82 Å². The van der Waals surface area contributed by atoms with Gasteiger partial charge in [-0.15, -0.1) is 0 Å². The zero-order chi connectivity index (χ0) is 41.4. The van der Waals surface area contributed by atoms with Crippen molar-refractivity contribution in [3.8, 4) is 0 Å². The molecule has 0 bridgehead atoms. The van der Waals surface area contributed by atoms with Gasteiger partial charge in [0.05, 0.1) is 39.9 Å². The van der Waals surface area contributed by atoms with Gasteiger partial charge in [-0.1, -0.05) is 219 Å². The third-order valence-electron chi connectivity index (χ3n) is 11.0. The van der Waals surface area contributed by atoms with Crippen LogP contribution in [0.3, 0.4) is 0 Å². The summed E-state index contributed by atoms with van der Waals surface area (Å²) in [6.45, 7) is 4.67. The second-order valence-corrected chi connectivity index (χ2v) is 19.2. The van der Waals surface area contributed by atoms with E-state index in [0.717, 1.165) is 38.5 Å². The third-order valence-corrected chi connectivity index (χ3v) is 12.0. The van der Waals surface area contributed by atoms with Gasteiger partial charge in [-0.3, -0.25) is 9.36 Å². The Kier molecular flexibility index (Phi) is 39.1. The Morgan fingerprint density at radius 3 is 1.34 bits per heavy atom. The van der Waals surface area contributed by atoms with Crippen LogP contribution in [0.2, 0.25) is 0 Å². The zero-order valence-electron chi connectivity index (χ0n) is 37.9. The van der Waals surface area contributed by atoms with E-state index in [9.17, 15) is 19.4 Å². The van der Waals surface area contributed by atoms with E-state index in [2.05, 4.69) is 19.2 Å². The number of rotatable bonds is 44. The molecule has 0 aromatic heterocycles. The Morgan fingerprint density at radius 2 is 0.964 bits per heavy atom. The number of nitrogens with zero attached hydrogens (tertiary/aromatic N) is 1. The van der Waals surface area contributed by atoms with Crippen molar-refractivity contribution in [2.45, 2.75) is 244 Å². The minimum Gasteiger partial charge on any atom is -0.756 e. The normalized spacial score (nSPS) is 14.3. The molecule has 1 amide bonds. The third kappa shape index (κ3) is 41.4. The van der Waals surface area contributed by atoms with E-state index in [1.807, 2.05) is 27.2 Å². The fourth-order valence-corrected chi connectivity index (χ4v) is 7.88. The number of quaternary nitrogens is 1. The summed E-state index contributed by atoms with van der Waals surface area (Å²) in [4.78, 5) is 25.3. The van der Waals surface area contributed by atoms with Gasteiger partial charge in [0.1, 0.15) is 13.2 Å². The average Bonchev–Trinajstić information content (AvgIpc) is 3.15. The predicted octanol–water partition coefficient (Wildman–Crippen LogP) is 12.9. The number of phosphoric acid groups is 1. The molecule has 0 saturated heterocycles. The Balaban J connectivity index is 4.34. The van der Waals surface area contributed by atoms with E-state index in [0.29, 0.717) is 17.4 Å². The number of nitrogens with one attached hydrogen (secondary N) is 1. The lowest BCUT2D eigenvalue weighted by molar-refractivity contribution is -0.870. The lowest BCUT2D eigenvalue weighted by Crippen LogP contribution is -2.45. The maximum absolute atomic E-state index is 12.9. The van der Waals surface area contributed by atoms with Crippen LogP contribution in [0, 0.1) is 0 Å². The maximum atomic E-state index is 12.9. The molecule has 0 aliphatic heterocycles. The largest absolute Gasteiger partial charge is 0.756 e. The molecule has 0 aliphatic rings. The fraction of sp³-hybridized carbons (Fsp3) is 0.936. The van der Waals surface area contributed by atoms with Crippen molar-refractivity contribution < 1.29 is 32.9 Å². The molecule has 0 fully saturated rings. The summed E-state index contributed by atoms with van der Waals surface area (Å²) in [5.74, 6) is -0.194. The quantitative estimate of drug-likeness (QED) is 0.0274. The molecule has 0 rings (SSSR count). The van der Waals surface area contributed by atoms with Crippen LogP contribution in [-0.4, -0.2) is 68.5 Å². The van der Waals surface area contributed by atoms with Gasteiger partial charge in [0.15, 0.2) is 0 Å². The van der Waals surface area contributed by atoms with Crippen molar-refractivity contribution in [2.24, 2.45) is 0 Å². The molecule has 3 atom stereocenters. The van der Waals surface area contributed by atoms with Gasteiger partial charge in [0.2, 0.25) is 5.91 Å². The number of amides is 1. The molecule has 3 unspecified atom stereocenters. The van der Waals surface area contributed by atoms with Crippen LogP contribution < -0.4 is 10.2 Å². The average molecular weight is 815 g/mol. The summed E-state index contributed by atoms with van der Waals surface area (Å²) in [7, 11) is 1.27. The lowest BCUT2D eigenvalue weighted by atomic mass is 10.0. The molecule has 0 aliphatic carbocycles. The highest BCUT2D eigenvalue weighted by molar-refractivity contribution is 7.45. The van der Waals surface area contributed by atoms with E-state index in [4.69, 9.17) is 9.05 Å². The van der Waals surface area contributed by atoms with Gasteiger partial charge < -0.3 is 28.8 Å². The summed E-state index contributed by atoms with van der Waals surface area (Å²) in [5.41, 5.74) is 0. The highest BCUT2D eigenvalue weighted by Gasteiger charge is 2.23. The SMILES string of the molecule is CCCCCCCCCCCCCCCCCCC/C=C/C(O)C(COP(=O)([O-])OCC[N+](C)(C)C)NC(=O)CCCCCCCCCCCCCCCCC. The second kappa shape index (κ2) is 39.7. The molecule has 56 heavy (non-hydrogen) atoms. The Bertz CT molecular complexity index is 927. The number of allylic oxidation sites excluding steroid dienone is 1. The number of phosphoric ester groups is 1. The van der Waals surface area contributed by atoms with Crippen molar-refractivity contribution in [1.29, 1.82) is 0 Å². The molecule has 0 radical (unpaired) electrons. The zero-order valence-corrected chi connectivity index (χ0v) is 38.7. The summed E-state index contributed by atoms with van der Waals surface area (Å²) >= 11 is 0. The van der Waals surface area contributed by atoms with Crippen LogP contribution in [-0.2, 0) is 18.4 Å². The minimum absolute atomic E-state index is 0.00229. The lowest BCUT2D eigenvalue weighted by Gasteiger charge is -2.29. The summed E-state index contributed by atoms with van der Waals surface area (Å²) in [5, 5.41) is 13.8. The molecule has 0 aromatic rings. The van der Waals surface area contributed by atoms with Gasteiger partial charge in [-0.2, -0.15) is 0 Å². The molecule has 9 heteroatoms. The van der Waals surface area contributed by atoms with Crippen molar-refractivity contribution in [3.63, 3.8) is 0 Å². The molecule has 8 nitrogen and oxygen atoms in total. The van der Waals surface area contributed by atoms with E-state index in [1.165, 1.54) is 173 Å². The number of aliphatic hydroxyl groups is 1. The van der Waals surface area contributed by atoms with E-state index in [1.54, 1.807) is 6.08 Å². The van der Waals surface area contributed by atoms with Crippen LogP contribution in [0.25, 0.3) is 0 Å². The number of aliphatic hydroxyl groups excluding tert-OH is 1. The van der Waals surface area contributed by atoms with Crippen LogP contribution in [0.4, 0.5) is 0 Å². The van der Waals surface area contributed by atoms with Gasteiger partial charge in [0, 0.05) is 6.42 Å². The van der Waals surface area contributed by atoms with Crippen molar-refractivity contribution in [1.82, 2.24) is 5.32 Å². The van der Waals surface area contributed by atoms with E-state index < -0.39 is 20.0 Å². The first-order valence-electron chi connectivity index (χ1n) is 24.1. The Hall–Kier alpha value is -0.760. The highest BCUT2D eigenvalue weighted by atomic mass is 31.2. The minimum atomic E-state index is -4.58. The van der Waals surface area contributed by atoms with Crippen LogP contribution in [0.1, 0.15) is 232 Å². The maximum Gasteiger partial charge on any atom is 0.268 e. The van der Waals surface area contributed by atoms with Gasteiger partial charge in [-0.05, 0) is 19.3 Å². The monoisotopic (exact) mass is 815 g/mol. The van der Waals surface area contributed by atoms with E-state index >= 15 is 0 Å². The summed E-state index contributed by atoms with van der Waals surface area (Å²) in [6.07, 6.45) is 45.4. The second-order valence-electron chi connectivity index (χ2n) is 17.8. The van der Waals surface area contributed by atoms with E-state index in [-0.39, 0.29) is 19.1 Å². The van der Waals surface area contributed by atoms with Crippen LogP contribution in [0.5, 0.6) is 0 Å². The van der Waals surface area contributed by atoms with Crippen molar-refractivity contribution in [2.75, 3.05) is 40.9 Å². The summed E-state index contributed by atoms with van der Waals surface area (Å²) in [6, 6.07) is -0.880. The van der Waals surface area contributed by atoms with Gasteiger partial charge in [-0.25, -0.2) is 0 Å². The molecule has 0 heterocycles. The Morgan fingerprint density at radius 1 is 0.607 bits per heavy atom. The first-order chi connectivity index (χ1) is 27.0. The Labute approximate surface area is 348 Å². The van der Waals surface area contributed by atoms with Crippen LogP contribution in [0.15, 0.2) is 12.2 Å². The number of hydrogen-bond donors (Lipinski definition) is 2. The molecular formula is C47H95N2O6P. The first kappa shape index (κ1) is 55.2. The van der Waals surface area contributed by atoms with Crippen molar-refractivity contribution >= 4 is 13.7 Å². The number of likely N-dealkylation sites (N-methyl/N-ethyl adjacent to an activating group) is 1.